The number of hydrogen-bond donors (Lipinski definition) is 3. The fourth-order valence-corrected chi connectivity index (χ4v) is 5.05. The summed E-state index contributed by atoms with van der Waals surface area (Å²) in [5, 5.41) is 2.69. The van der Waals surface area contributed by atoms with Gasteiger partial charge < -0.3 is 35.1 Å². The molecule has 3 aromatic carbocycles. The number of para-hydroxylation sites is 1. The number of methoxy groups -OCH3 is 1. The monoisotopic (exact) mass is 601 g/mol. The molecule has 1 heterocycles. The Morgan fingerprint density at radius 1 is 1.09 bits per heavy atom. The van der Waals surface area contributed by atoms with Crippen LogP contribution in [0, 0.1) is 6.92 Å². The Kier molecular flexibility index (Phi) is 10.9. The fraction of sp³-hybridized carbons (Fsp3) is 0.333. The third kappa shape index (κ3) is 7.17. The largest absolute Gasteiger partial charge is 0.494 e. The van der Waals surface area contributed by atoms with Crippen LogP contribution in [0.3, 0.4) is 0 Å². The number of carbonyl (C=O) groups excluding carboxylic acids is 3. The first kappa shape index (κ1) is 32.0. The maximum absolute atomic E-state index is 14.0. The first-order valence-corrected chi connectivity index (χ1v) is 14.6. The topological polar surface area (TPSA) is 149 Å². The maximum atomic E-state index is 14.0. The molecule has 4 N–H and O–H groups in total. The Labute approximate surface area is 256 Å². The van der Waals surface area contributed by atoms with Crippen LogP contribution in [0.2, 0.25) is 0 Å². The highest BCUT2D eigenvalue weighted by Gasteiger charge is 2.25. The van der Waals surface area contributed by atoms with Crippen LogP contribution in [-0.4, -0.2) is 55.6 Å². The molecule has 0 radical (unpaired) electrons. The molecule has 0 unspecified atom stereocenters. The number of imidazole rings is 1. The molecule has 0 aliphatic heterocycles. The summed E-state index contributed by atoms with van der Waals surface area (Å²) < 4.78 is 16.9. The number of benzene rings is 3. The van der Waals surface area contributed by atoms with Gasteiger partial charge in [-0.1, -0.05) is 18.2 Å². The van der Waals surface area contributed by atoms with Gasteiger partial charge in [-0.2, -0.15) is 0 Å². The van der Waals surface area contributed by atoms with Crippen LogP contribution in [0.5, 0.6) is 11.5 Å². The first-order chi connectivity index (χ1) is 21.3. The average molecular weight is 602 g/mol. The number of amides is 2. The fourth-order valence-electron chi connectivity index (χ4n) is 5.05. The van der Waals surface area contributed by atoms with E-state index in [1.807, 2.05) is 43.3 Å². The molecular weight excluding hydrogens is 562 g/mol. The van der Waals surface area contributed by atoms with Crippen LogP contribution in [0.15, 0.2) is 48.5 Å². The van der Waals surface area contributed by atoms with Gasteiger partial charge in [-0.3, -0.25) is 14.4 Å². The van der Waals surface area contributed by atoms with Gasteiger partial charge in [0.15, 0.2) is 5.75 Å². The van der Waals surface area contributed by atoms with Crippen LogP contribution >= 0.6 is 0 Å². The Morgan fingerprint density at radius 3 is 2.64 bits per heavy atom. The van der Waals surface area contributed by atoms with E-state index in [-0.39, 0.29) is 29.7 Å². The summed E-state index contributed by atoms with van der Waals surface area (Å²) in [6.45, 7) is 4.80. The van der Waals surface area contributed by atoms with Gasteiger partial charge in [-0.05, 0) is 69.0 Å². The lowest BCUT2D eigenvalue weighted by atomic mass is 9.98. The van der Waals surface area contributed by atoms with E-state index in [0.29, 0.717) is 66.6 Å². The predicted molar refractivity (Wildman–Crippen MR) is 170 cm³/mol. The van der Waals surface area contributed by atoms with Gasteiger partial charge in [0, 0.05) is 24.6 Å². The summed E-state index contributed by atoms with van der Waals surface area (Å²) in [4.78, 5) is 46.6. The molecule has 0 saturated carbocycles. The molecule has 0 aliphatic carbocycles. The van der Waals surface area contributed by atoms with Crippen molar-refractivity contribution >= 4 is 40.7 Å². The lowest BCUT2D eigenvalue weighted by Gasteiger charge is -2.24. The van der Waals surface area contributed by atoms with Crippen LogP contribution in [-0.2, 0) is 20.9 Å². The lowest BCUT2D eigenvalue weighted by molar-refractivity contribution is -0.143. The number of H-pyrrole nitrogens is 1. The molecule has 0 bridgehead atoms. The summed E-state index contributed by atoms with van der Waals surface area (Å²) in [6.07, 6.45) is 3.16. The van der Waals surface area contributed by atoms with E-state index in [9.17, 15) is 14.4 Å². The third-order valence-electron chi connectivity index (χ3n) is 7.21. The van der Waals surface area contributed by atoms with Crippen molar-refractivity contribution in [1.29, 1.82) is 0 Å². The second kappa shape index (κ2) is 15.0. The first-order valence-electron chi connectivity index (χ1n) is 14.6. The molecule has 0 fully saturated rings. The zero-order valence-electron chi connectivity index (χ0n) is 25.6. The smallest absolute Gasteiger partial charge is 0.305 e. The molecular formula is C33H39N5O6. The molecule has 232 valence electrons. The van der Waals surface area contributed by atoms with Crippen LogP contribution < -0.4 is 25.4 Å². The zero-order chi connectivity index (χ0) is 31.6. The Bertz CT molecular complexity index is 1630. The van der Waals surface area contributed by atoms with E-state index in [1.165, 1.54) is 12.0 Å². The number of fused-ring (bicyclic) bond motifs is 1. The molecule has 0 spiro atoms. The molecule has 11 nitrogen and oxygen atoms in total. The Balaban J connectivity index is 1.60. The predicted octanol–water partition coefficient (Wildman–Crippen LogP) is 5.35. The van der Waals surface area contributed by atoms with Gasteiger partial charge in [-0.15, -0.1) is 0 Å². The number of carbonyl (C=O) groups is 3. The van der Waals surface area contributed by atoms with E-state index in [2.05, 4.69) is 15.3 Å². The molecule has 0 saturated heterocycles. The number of aryl methyl sites for hydroxylation is 1. The summed E-state index contributed by atoms with van der Waals surface area (Å²) >= 11 is 0. The molecule has 4 aromatic rings. The molecule has 4 rings (SSSR count). The minimum absolute atomic E-state index is 0.193. The van der Waals surface area contributed by atoms with Gasteiger partial charge in [0.2, 0.25) is 6.41 Å². The minimum atomic E-state index is -0.370. The zero-order valence-corrected chi connectivity index (χ0v) is 25.6. The summed E-state index contributed by atoms with van der Waals surface area (Å²) in [7, 11) is 3.14. The van der Waals surface area contributed by atoms with Crippen molar-refractivity contribution in [3.8, 4) is 22.6 Å². The maximum Gasteiger partial charge on any atom is 0.305 e. The molecule has 0 atom stereocenters. The number of aromatic amines is 1. The highest BCUT2D eigenvalue weighted by molar-refractivity contribution is 6.13. The second-order valence-electron chi connectivity index (χ2n) is 10.2. The molecule has 44 heavy (non-hydrogen) atoms. The van der Waals surface area contributed by atoms with Crippen molar-refractivity contribution in [2.45, 2.75) is 46.1 Å². The average Bonchev–Trinajstić information content (AvgIpc) is 3.46. The molecule has 1 aromatic heterocycles. The standard InChI is InChI=1S/C33H39N5O6/c1-5-43-29(40)12-7-6-8-17-44-27-18-21(2)13-16-26(27)38(3)33(41)24-15-14-23(32(42-4)31(24)35-20-39)22-10-9-11-25-30(22)37-28(19-34)36-25/h9-11,13-16,18,20H,5-8,12,17,19,34H2,1-4H3,(H,35,39)(H,36,37). The SMILES string of the molecule is CCOC(=O)CCCCCOc1cc(C)ccc1N(C)C(=O)c1ccc(-c2cccc3[nH]c(CN)nc23)c(OC)c1NC=O. The van der Waals surface area contributed by atoms with Gasteiger partial charge in [0.1, 0.15) is 11.6 Å². The number of aromatic nitrogens is 2. The van der Waals surface area contributed by atoms with Crippen molar-refractivity contribution in [3.05, 3.63) is 65.5 Å². The van der Waals surface area contributed by atoms with Crippen molar-refractivity contribution in [1.82, 2.24) is 9.97 Å². The molecule has 0 aliphatic rings. The van der Waals surface area contributed by atoms with E-state index < -0.39 is 0 Å². The number of anilines is 2. The van der Waals surface area contributed by atoms with Gasteiger partial charge >= 0.3 is 5.97 Å². The van der Waals surface area contributed by atoms with E-state index in [0.717, 1.165) is 29.5 Å². The molecule has 11 heteroatoms. The number of hydrogen-bond acceptors (Lipinski definition) is 8. The van der Waals surface area contributed by atoms with E-state index in [1.54, 1.807) is 26.1 Å². The number of esters is 1. The summed E-state index contributed by atoms with van der Waals surface area (Å²) in [6, 6.07) is 14.7. The van der Waals surface area contributed by atoms with Crippen molar-refractivity contribution in [2.24, 2.45) is 5.73 Å². The van der Waals surface area contributed by atoms with E-state index >= 15 is 0 Å². The van der Waals surface area contributed by atoms with Crippen molar-refractivity contribution in [2.75, 3.05) is 37.6 Å². The van der Waals surface area contributed by atoms with Crippen molar-refractivity contribution in [3.63, 3.8) is 0 Å². The third-order valence-corrected chi connectivity index (χ3v) is 7.21. The highest BCUT2D eigenvalue weighted by atomic mass is 16.5. The normalized spacial score (nSPS) is 10.8. The van der Waals surface area contributed by atoms with Crippen LogP contribution in [0.25, 0.3) is 22.2 Å². The summed E-state index contributed by atoms with van der Waals surface area (Å²) in [5.41, 5.74) is 10.7. The lowest BCUT2D eigenvalue weighted by Crippen LogP contribution is -2.28. The summed E-state index contributed by atoms with van der Waals surface area (Å²) in [5.74, 6) is 0.955. The van der Waals surface area contributed by atoms with Crippen LogP contribution in [0.4, 0.5) is 11.4 Å². The Morgan fingerprint density at radius 2 is 1.91 bits per heavy atom. The van der Waals surface area contributed by atoms with Crippen molar-refractivity contribution < 1.29 is 28.6 Å². The number of nitrogens with one attached hydrogen (secondary N) is 2. The van der Waals surface area contributed by atoms with Gasteiger partial charge in [0.25, 0.3) is 5.91 Å². The minimum Gasteiger partial charge on any atom is -0.494 e. The van der Waals surface area contributed by atoms with Crippen LogP contribution in [0.1, 0.15) is 54.4 Å². The van der Waals surface area contributed by atoms with Gasteiger partial charge in [-0.25, -0.2) is 4.98 Å². The number of unbranched alkanes of at least 4 members (excludes halogenated alkanes) is 2. The quantitative estimate of drug-likeness (QED) is 0.0938. The van der Waals surface area contributed by atoms with E-state index in [4.69, 9.17) is 19.9 Å². The van der Waals surface area contributed by atoms with Gasteiger partial charge in [0.05, 0.1) is 54.8 Å². The Hall–Kier alpha value is -4.90. The number of rotatable bonds is 15. The number of nitrogens with zero attached hydrogens (tertiary/aromatic N) is 2. The number of nitrogens with two attached hydrogens (primary N) is 1. The molecule has 2 amide bonds. The number of ether oxygens (including phenoxy) is 3. The highest BCUT2D eigenvalue weighted by Crippen LogP contribution is 2.42. The second-order valence-corrected chi connectivity index (χ2v) is 10.2.